The molecule has 1 unspecified atom stereocenters. The fraction of sp³-hybridized carbons (Fsp3) is 0.846. The summed E-state index contributed by atoms with van der Waals surface area (Å²) in [6, 6.07) is 0. The molecule has 0 aromatic heterocycles. The zero-order chi connectivity index (χ0) is 14.3. The molecule has 0 aliphatic rings. The normalized spacial score (nSPS) is 14.7. The average molecular weight is 275 g/mol. The predicted octanol–water partition coefficient (Wildman–Crippen LogP) is 2.89. The van der Waals surface area contributed by atoms with Gasteiger partial charge in [0.2, 0.25) is 0 Å². The van der Waals surface area contributed by atoms with E-state index < -0.39 is 11.0 Å². The Morgan fingerprint density at radius 1 is 1.28 bits per heavy atom. The first-order chi connectivity index (χ1) is 8.18. The Morgan fingerprint density at radius 3 is 2.22 bits per heavy atom. The zero-order valence-corrected chi connectivity index (χ0v) is 13.1. The van der Waals surface area contributed by atoms with E-state index in [4.69, 9.17) is 4.74 Å². The summed E-state index contributed by atoms with van der Waals surface area (Å²) in [7, 11) is -1.27. The Hall–Kier alpha value is -0.710. The summed E-state index contributed by atoms with van der Waals surface area (Å²) in [5.41, 5.74) is 0.816. The Balaban J connectivity index is 4.63. The molecule has 0 amide bonds. The molecular weight excluding hydrogens is 250 g/mol. The van der Waals surface area contributed by atoms with Crippen LogP contribution in [0.1, 0.15) is 54.4 Å². The summed E-state index contributed by atoms with van der Waals surface area (Å²) in [4.78, 5) is 11.3. The molecule has 0 saturated heterocycles. The molecule has 0 fully saturated rings. The standard InChI is InChI=1S/C13H25NO3S/c1-7-17-12(15)9-8-11(10(2)3)14-18(16)13(4,5)6/h10H,7-9H2,1-6H3/b14-11-. The minimum absolute atomic E-state index is 0.186. The van der Waals surface area contributed by atoms with Gasteiger partial charge in [-0.15, -0.1) is 0 Å². The second kappa shape index (κ2) is 7.67. The molecule has 0 rings (SSSR count). The molecule has 0 aromatic carbocycles. The SMILES string of the molecule is CCOC(=O)CC/C(=N/S(=O)C(C)(C)C)C(C)C. The second-order valence-electron chi connectivity index (χ2n) is 5.40. The first-order valence-electron chi connectivity index (χ1n) is 6.33. The number of nitrogens with zero attached hydrogens (tertiary/aromatic N) is 1. The van der Waals surface area contributed by atoms with Crippen LogP contribution < -0.4 is 0 Å². The van der Waals surface area contributed by atoms with Crippen LogP contribution in [0.3, 0.4) is 0 Å². The fourth-order valence-electron chi connectivity index (χ4n) is 1.15. The third kappa shape index (κ3) is 6.89. The zero-order valence-electron chi connectivity index (χ0n) is 12.3. The molecule has 1 atom stereocenters. The lowest BCUT2D eigenvalue weighted by Gasteiger charge is -2.16. The van der Waals surface area contributed by atoms with E-state index in [-0.39, 0.29) is 16.6 Å². The summed E-state index contributed by atoms with van der Waals surface area (Å²) in [6.45, 7) is 11.8. The lowest BCUT2D eigenvalue weighted by atomic mass is 10.0. The lowest BCUT2D eigenvalue weighted by molar-refractivity contribution is -0.142. The van der Waals surface area contributed by atoms with E-state index in [1.54, 1.807) is 6.92 Å². The van der Waals surface area contributed by atoms with Crippen molar-refractivity contribution in [3.63, 3.8) is 0 Å². The minimum atomic E-state index is -1.27. The van der Waals surface area contributed by atoms with E-state index in [1.165, 1.54) is 0 Å². The summed E-state index contributed by atoms with van der Waals surface area (Å²) in [5, 5.41) is 0. The molecular formula is C13H25NO3S. The van der Waals surface area contributed by atoms with Gasteiger partial charge in [0.1, 0.15) is 11.0 Å². The maximum absolute atomic E-state index is 12.0. The van der Waals surface area contributed by atoms with Crippen molar-refractivity contribution in [2.75, 3.05) is 6.61 Å². The van der Waals surface area contributed by atoms with Crippen LogP contribution in [-0.2, 0) is 20.5 Å². The number of rotatable bonds is 6. The van der Waals surface area contributed by atoms with Gasteiger partial charge in [0, 0.05) is 5.71 Å². The van der Waals surface area contributed by atoms with Crippen LogP contribution in [0.15, 0.2) is 4.40 Å². The van der Waals surface area contributed by atoms with Gasteiger partial charge in [-0.25, -0.2) is 4.21 Å². The molecule has 0 spiro atoms. The monoisotopic (exact) mass is 275 g/mol. The summed E-state index contributed by atoms with van der Waals surface area (Å²) < 4.78 is 20.7. The fourth-order valence-corrected chi connectivity index (χ4v) is 1.94. The van der Waals surface area contributed by atoms with Gasteiger partial charge >= 0.3 is 5.97 Å². The van der Waals surface area contributed by atoms with Crippen molar-refractivity contribution in [3.05, 3.63) is 0 Å². The molecule has 106 valence electrons. The highest BCUT2D eigenvalue weighted by molar-refractivity contribution is 7.85. The number of hydrogen-bond donors (Lipinski definition) is 0. The van der Waals surface area contributed by atoms with Gasteiger partial charge in [0.25, 0.3) is 0 Å². The van der Waals surface area contributed by atoms with Crippen molar-refractivity contribution in [1.82, 2.24) is 0 Å². The van der Waals surface area contributed by atoms with Crippen LogP contribution in [-0.4, -0.2) is 27.2 Å². The highest BCUT2D eigenvalue weighted by Gasteiger charge is 2.20. The molecule has 0 saturated carbocycles. The van der Waals surface area contributed by atoms with Crippen molar-refractivity contribution in [1.29, 1.82) is 0 Å². The van der Waals surface area contributed by atoms with E-state index in [0.29, 0.717) is 19.4 Å². The minimum Gasteiger partial charge on any atom is -0.466 e. The van der Waals surface area contributed by atoms with Crippen LogP contribution >= 0.6 is 0 Å². The van der Waals surface area contributed by atoms with Crippen LogP contribution in [0.4, 0.5) is 0 Å². The molecule has 0 aliphatic heterocycles. The number of hydrogen-bond acceptors (Lipinski definition) is 3. The van der Waals surface area contributed by atoms with Crippen molar-refractivity contribution in [2.24, 2.45) is 10.3 Å². The van der Waals surface area contributed by atoms with E-state index in [0.717, 1.165) is 5.71 Å². The summed E-state index contributed by atoms with van der Waals surface area (Å²) in [5.74, 6) is -0.0434. The Morgan fingerprint density at radius 2 is 1.83 bits per heavy atom. The smallest absolute Gasteiger partial charge is 0.306 e. The highest BCUT2D eigenvalue weighted by atomic mass is 32.2. The largest absolute Gasteiger partial charge is 0.466 e. The van der Waals surface area contributed by atoms with Gasteiger partial charge in [-0.3, -0.25) is 4.79 Å². The molecule has 0 bridgehead atoms. The maximum atomic E-state index is 12.0. The van der Waals surface area contributed by atoms with Gasteiger partial charge < -0.3 is 4.74 Å². The first kappa shape index (κ1) is 17.3. The van der Waals surface area contributed by atoms with E-state index in [1.807, 2.05) is 34.6 Å². The maximum Gasteiger partial charge on any atom is 0.306 e. The topological polar surface area (TPSA) is 55.7 Å². The van der Waals surface area contributed by atoms with E-state index >= 15 is 0 Å². The van der Waals surface area contributed by atoms with Crippen molar-refractivity contribution >= 4 is 22.7 Å². The Kier molecular flexibility index (Phi) is 7.36. The molecule has 0 aromatic rings. The van der Waals surface area contributed by atoms with Crippen molar-refractivity contribution in [3.8, 4) is 0 Å². The van der Waals surface area contributed by atoms with E-state index in [2.05, 4.69) is 4.40 Å². The van der Waals surface area contributed by atoms with Crippen LogP contribution in [0.2, 0.25) is 0 Å². The number of ether oxygens (including phenoxy) is 1. The van der Waals surface area contributed by atoms with Crippen LogP contribution in [0.25, 0.3) is 0 Å². The van der Waals surface area contributed by atoms with Crippen molar-refractivity contribution in [2.45, 2.75) is 59.1 Å². The number of esters is 1. The lowest BCUT2D eigenvalue weighted by Crippen LogP contribution is -2.22. The molecule has 0 radical (unpaired) electrons. The van der Waals surface area contributed by atoms with Gasteiger partial charge in [0.15, 0.2) is 0 Å². The second-order valence-corrected chi connectivity index (χ2v) is 7.31. The van der Waals surface area contributed by atoms with Gasteiger partial charge in [-0.2, -0.15) is 4.40 Å². The van der Waals surface area contributed by atoms with Crippen LogP contribution in [0.5, 0.6) is 0 Å². The highest BCUT2D eigenvalue weighted by Crippen LogP contribution is 2.15. The third-order valence-electron chi connectivity index (χ3n) is 2.28. The molecule has 18 heavy (non-hydrogen) atoms. The van der Waals surface area contributed by atoms with Gasteiger partial charge in [-0.05, 0) is 40.0 Å². The van der Waals surface area contributed by atoms with Crippen LogP contribution in [0, 0.1) is 5.92 Å². The predicted molar refractivity (Wildman–Crippen MR) is 76.0 cm³/mol. The average Bonchev–Trinajstić information content (AvgIpc) is 2.22. The van der Waals surface area contributed by atoms with Crippen molar-refractivity contribution < 1.29 is 13.7 Å². The third-order valence-corrected chi connectivity index (χ3v) is 3.73. The number of carbonyl (C=O) groups is 1. The molecule has 0 N–H and O–H groups in total. The van der Waals surface area contributed by atoms with Gasteiger partial charge in [0.05, 0.1) is 17.8 Å². The molecule has 0 heterocycles. The summed E-state index contributed by atoms with van der Waals surface area (Å²) >= 11 is 0. The van der Waals surface area contributed by atoms with E-state index in [9.17, 15) is 9.00 Å². The Bertz CT molecular complexity index is 330. The molecule has 4 nitrogen and oxygen atoms in total. The first-order valence-corrected chi connectivity index (χ1v) is 7.44. The summed E-state index contributed by atoms with van der Waals surface area (Å²) in [6.07, 6.45) is 0.810. The van der Waals surface area contributed by atoms with Gasteiger partial charge in [-0.1, -0.05) is 13.8 Å². The number of carbonyl (C=O) groups excluding carboxylic acids is 1. The molecule has 0 aliphatic carbocycles. The quantitative estimate of drug-likeness (QED) is 0.553. The Labute approximate surface area is 113 Å². The molecule has 5 heteroatoms.